The summed E-state index contributed by atoms with van der Waals surface area (Å²) in [5.74, 6) is 5.61. The van der Waals surface area contributed by atoms with E-state index in [0.717, 1.165) is 12.1 Å². The first-order chi connectivity index (χ1) is 15.0. The van der Waals surface area contributed by atoms with Gasteiger partial charge in [-0.3, -0.25) is 0 Å². The lowest BCUT2D eigenvalue weighted by atomic mass is 9.81. The van der Waals surface area contributed by atoms with Gasteiger partial charge in [-0.1, -0.05) is 18.2 Å². The Balaban J connectivity index is 1.69. The van der Waals surface area contributed by atoms with Gasteiger partial charge in [0.2, 0.25) is 0 Å². The van der Waals surface area contributed by atoms with E-state index in [4.69, 9.17) is 16.3 Å². The second-order valence-corrected chi connectivity index (χ2v) is 7.84. The van der Waals surface area contributed by atoms with Gasteiger partial charge in [0.05, 0.1) is 30.9 Å². The molecule has 3 rings (SSSR count). The van der Waals surface area contributed by atoms with Crippen molar-refractivity contribution in [2.75, 3.05) is 13.7 Å². The van der Waals surface area contributed by atoms with Crippen LogP contribution in [0.3, 0.4) is 0 Å². The SMILES string of the molecule is COc1ccc(CN(N)/C=C(\N)[C@@H]2CC(O)(c3ccc(C(F)(F)F)cc3)CCN2)cc1F. The monoisotopic (exact) mass is 454 g/mol. The number of alkyl halides is 3. The third-order valence-corrected chi connectivity index (χ3v) is 5.52. The zero-order valence-electron chi connectivity index (χ0n) is 17.5. The highest BCUT2D eigenvalue weighted by Gasteiger charge is 2.38. The molecule has 0 radical (unpaired) electrons. The number of rotatable bonds is 6. The molecule has 0 amide bonds. The van der Waals surface area contributed by atoms with Crippen LogP contribution in [0.15, 0.2) is 54.4 Å². The Bertz CT molecular complexity index is 965. The molecule has 6 N–H and O–H groups in total. The van der Waals surface area contributed by atoms with Crippen LogP contribution >= 0.6 is 0 Å². The van der Waals surface area contributed by atoms with Crippen molar-refractivity contribution in [2.24, 2.45) is 11.6 Å². The molecule has 1 heterocycles. The highest BCUT2D eigenvalue weighted by atomic mass is 19.4. The number of nitrogens with two attached hydrogens (primary N) is 2. The number of ether oxygens (including phenoxy) is 1. The Morgan fingerprint density at radius 3 is 2.56 bits per heavy atom. The molecule has 2 atom stereocenters. The van der Waals surface area contributed by atoms with Crippen LogP contribution in [-0.4, -0.2) is 29.8 Å². The van der Waals surface area contributed by atoms with Crippen LogP contribution in [0, 0.1) is 5.82 Å². The number of nitrogens with one attached hydrogen (secondary N) is 1. The topological polar surface area (TPSA) is 96.8 Å². The van der Waals surface area contributed by atoms with Crippen molar-refractivity contribution in [2.45, 2.75) is 37.2 Å². The van der Waals surface area contributed by atoms with Crippen molar-refractivity contribution >= 4 is 0 Å². The number of methoxy groups -OCH3 is 1. The lowest BCUT2D eigenvalue weighted by Gasteiger charge is -2.38. The minimum absolute atomic E-state index is 0.126. The Morgan fingerprint density at radius 1 is 1.28 bits per heavy atom. The number of aliphatic hydroxyl groups is 1. The molecule has 1 unspecified atom stereocenters. The summed E-state index contributed by atoms with van der Waals surface area (Å²) < 4.78 is 57.2. The molecule has 1 aliphatic heterocycles. The summed E-state index contributed by atoms with van der Waals surface area (Å²) in [6, 6.07) is 8.53. The molecule has 0 aliphatic carbocycles. The zero-order chi connectivity index (χ0) is 23.5. The average molecular weight is 454 g/mol. The molecule has 10 heteroatoms. The Morgan fingerprint density at radius 2 is 1.97 bits per heavy atom. The molecule has 1 aliphatic rings. The van der Waals surface area contributed by atoms with Crippen molar-refractivity contribution in [1.29, 1.82) is 0 Å². The molecule has 6 nitrogen and oxygen atoms in total. The van der Waals surface area contributed by atoms with Crippen molar-refractivity contribution < 1.29 is 27.4 Å². The second kappa shape index (κ2) is 9.35. The number of hydrogen-bond acceptors (Lipinski definition) is 6. The molecular weight excluding hydrogens is 428 g/mol. The van der Waals surface area contributed by atoms with E-state index >= 15 is 0 Å². The summed E-state index contributed by atoms with van der Waals surface area (Å²) in [5.41, 5.74) is 5.41. The van der Waals surface area contributed by atoms with Crippen LogP contribution in [0.25, 0.3) is 0 Å². The summed E-state index contributed by atoms with van der Waals surface area (Å²) >= 11 is 0. The van der Waals surface area contributed by atoms with E-state index in [9.17, 15) is 22.7 Å². The van der Waals surface area contributed by atoms with E-state index in [1.807, 2.05) is 0 Å². The normalized spacial score (nSPS) is 22.0. The minimum Gasteiger partial charge on any atom is -0.494 e. The zero-order valence-corrected chi connectivity index (χ0v) is 17.5. The van der Waals surface area contributed by atoms with Gasteiger partial charge < -0.3 is 25.9 Å². The Hall–Kier alpha value is -2.82. The maximum Gasteiger partial charge on any atom is 0.416 e. The third-order valence-electron chi connectivity index (χ3n) is 5.52. The molecule has 2 aromatic rings. The van der Waals surface area contributed by atoms with Gasteiger partial charge in [-0.15, -0.1) is 0 Å². The van der Waals surface area contributed by atoms with Crippen molar-refractivity contribution in [3.63, 3.8) is 0 Å². The van der Waals surface area contributed by atoms with E-state index < -0.39 is 29.2 Å². The summed E-state index contributed by atoms with van der Waals surface area (Å²) in [6.07, 6.45) is -2.48. The highest BCUT2D eigenvalue weighted by molar-refractivity contribution is 5.31. The lowest BCUT2D eigenvalue weighted by Crippen LogP contribution is -2.49. The summed E-state index contributed by atoms with van der Waals surface area (Å²) in [6.45, 7) is 0.586. The van der Waals surface area contributed by atoms with Gasteiger partial charge >= 0.3 is 6.18 Å². The molecule has 1 fully saturated rings. The van der Waals surface area contributed by atoms with Crippen LogP contribution in [-0.2, 0) is 18.3 Å². The largest absolute Gasteiger partial charge is 0.494 e. The van der Waals surface area contributed by atoms with Crippen LogP contribution in [0.5, 0.6) is 5.75 Å². The van der Waals surface area contributed by atoms with Crippen LogP contribution in [0.1, 0.15) is 29.5 Å². The number of piperidine rings is 1. The van der Waals surface area contributed by atoms with E-state index in [2.05, 4.69) is 5.32 Å². The number of hydrazine groups is 1. The fraction of sp³-hybridized carbons (Fsp3) is 0.364. The standard InChI is InChI=1S/C22H26F4N4O2/c1-32-20-7-2-14(10-17(20)23)12-30(28)13-18(27)19-11-21(31,8-9-29-19)15-3-5-16(6-4-15)22(24,25)26/h2-7,10,13,19,29,31H,8-9,11-12,27-28H2,1H3/b18-13-/t19-,21?/m0/s1. The van der Waals surface area contributed by atoms with E-state index in [-0.39, 0.29) is 18.7 Å². The molecule has 0 aromatic heterocycles. The van der Waals surface area contributed by atoms with Gasteiger partial charge in [0.1, 0.15) is 0 Å². The number of nitrogens with zero attached hydrogens (tertiary/aromatic N) is 1. The van der Waals surface area contributed by atoms with Crippen molar-refractivity contribution in [3.05, 3.63) is 76.9 Å². The molecule has 0 bridgehead atoms. The highest BCUT2D eigenvalue weighted by Crippen LogP contribution is 2.36. The summed E-state index contributed by atoms with van der Waals surface area (Å²) in [5, 5.41) is 15.6. The van der Waals surface area contributed by atoms with Crippen LogP contribution in [0.2, 0.25) is 0 Å². The predicted octanol–water partition coefficient (Wildman–Crippen LogP) is 2.97. The third kappa shape index (κ3) is 5.50. The van der Waals surface area contributed by atoms with Gasteiger partial charge in [0.15, 0.2) is 11.6 Å². The first-order valence-electron chi connectivity index (χ1n) is 9.96. The fourth-order valence-electron chi connectivity index (χ4n) is 3.78. The second-order valence-electron chi connectivity index (χ2n) is 7.84. The molecule has 0 spiro atoms. The summed E-state index contributed by atoms with van der Waals surface area (Å²) in [7, 11) is 1.37. The first kappa shape index (κ1) is 23.8. The molecule has 2 aromatic carbocycles. The number of halogens is 4. The molecule has 0 saturated carbocycles. The number of hydrogen-bond donors (Lipinski definition) is 4. The minimum atomic E-state index is -4.44. The van der Waals surface area contributed by atoms with E-state index in [1.54, 1.807) is 6.07 Å². The maximum atomic E-state index is 13.9. The quantitative estimate of drug-likeness (QED) is 0.305. The molecule has 1 saturated heterocycles. The van der Waals surface area contributed by atoms with Gasteiger partial charge in [-0.25, -0.2) is 10.2 Å². The van der Waals surface area contributed by atoms with Crippen molar-refractivity contribution in [3.8, 4) is 5.75 Å². The Kier molecular flexibility index (Phi) is 6.97. The molecule has 174 valence electrons. The van der Waals surface area contributed by atoms with Gasteiger partial charge in [-0.2, -0.15) is 13.2 Å². The van der Waals surface area contributed by atoms with Crippen molar-refractivity contribution in [1.82, 2.24) is 10.3 Å². The molecule has 32 heavy (non-hydrogen) atoms. The van der Waals surface area contributed by atoms with E-state index in [0.29, 0.717) is 29.8 Å². The van der Waals surface area contributed by atoms with Gasteiger partial charge in [0.25, 0.3) is 0 Å². The number of benzene rings is 2. The van der Waals surface area contributed by atoms with Crippen LogP contribution < -0.4 is 21.6 Å². The van der Waals surface area contributed by atoms with Gasteiger partial charge in [0, 0.05) is 18.3 Å². The summed E-state index contributed by atoms with van der Waals surface area (Å²) in [4.78, 5) is 0. The molecular formula is C22H26F4N4O2. The smallest absolute Gasteiger partial charge is 0.416 e. The Labute approximate surface area is 183 Å². The predicted molar refractivity (Wildman–Crippen MR) is 111 cm³/mol. The van der Waals surface area contributed by atoms with E-state index in [1.165, 1.54) is 42.6 Å². The average Bonchev–Trinajstić information content (AvgIpc) is 2.73. The van der Waals surface area contributed by atoms with Gasteiger partial charge in [-0.05, 0) is 48.4 Å². The fourth-order valence-corrected chi connectivity index (χ4v) is 3.78. The van der Waals surface area contributed by atoms with Crippen LogP contribution in [0.4, 0.5) is 17.6 Å². The first-order valence-corrected chi connectivity index (χ1v) is 9.96. The maximum absolute atomic E-state index is 13.9. The lowest BCUT2D eigenvalue weighted by molar-refractivity contribution is -0.137.